The van der Waals surface area contributed by atoms with Gasteiger partial charge in [0.05, 0.1) is 16.8 Å². The first kappa shape index (κ1) is 18.9. The number of aryl methyl sites for hydroxylation is 2. The Morgan fingerprint density at radius 3 is 2.67 bits per heavy atom. The van der Waals surface area contributed by atoms with Crippen LogP contribution in [-0.4, -0.2) is 46.0 Å². The van der Waals surface area contributed by atoms with Gasteiger partial charge < -0.3 is 10.0 Å². The van der Waals surface area contributed by atoms with Crippen LogP contribution < -0.4 is 4.90 Å². The van der Waals surface area contributed by atoms with Crippen LogP contribution >= 0.6 is 23.1 Å². The van der Waals surface area contributed by atoms with Gasteiger partial charge in [-0.25, -0.2) is 15.0 Å². The molecule has 1 aliphatic rings. The number of hydrogen-bond acceptors (Lipinski definition) is 7. The Hall–Kier alpha value is -1.44. The van der Waals surface area contributed by atoms with Crippen molar-refractivity contribution in [2.45, 2.75) is 51.1 Å². The fourth-order valence-electron chi connectivity index (χ4n) is 4.09. The molecule has 0 radical (unpaired) electrons. The number of aromatic nitrogens is 3. The van der Waals surface area contributed by atoms with Gasteiger partial charge in [-0.15, -0.1) is 11.3 Å². The molecule has 0 spiro atoms. The van der Waals surface area contributed by atoms with Crippen molar-refractivity contribution < 1.29 is 5.11 Å². The molecule has 144 valence electrons. The van der Waals surface area contributed by atoms with E-state index in [1.807, 2.05) is 6.26 Å². The van der Waals surface area contributed by atoms with E-state index in [0.29, 0.717) is 6.54 Å². The van der Waals surface area contributed by atoms with Crippen LogP contribution in [0.15, 0.2) is 5.16 Å². The van der Waals surface area contributed by atoms with Crippen LogP contribution in [0.4, 0.5) is 5.82 Å². The summed E-state index contributed by atoms with van der Waals surface area (Å²) in [6.07, 6.45) is 7.67. The summed E-state index contributed by atoms with van der Waals surface area (Å²) in [6.45, 7) is 5.83. The number of rotatable bonds is 7. The molecule has 3 heterocycles. The Morgan fingerprint density at radius 1 is 1.15 bits per heavy atom. The third kappa shape index (κ3) is 3.19. The summed E-state index contributed by atoms with van der Waals surface area (Å²) in [6, 6.07) is 0. The predicted molar refractivity (Wildman–Crippen MR) is 115 cm³/mol. The Kier molecular flexibility index (Phi) is 5.53. The van der Waals surface area contributed by atoms with Crippen LogP contribution in [-0.2, 0) is 19.3 Å². The standard InChI is InChI=1S/C20H26N4OS2/c1-4-7-14-12-8-6-9-13(12)15-16-17(27-19(15)21-14)18(23-20(22-16)26-3)24(5-2)10-11-25/h25H,4-11H2,1-3H3. The van der Waals surface area contributed by atoms with Crippen LogP contribution in [0.5, 0.6) is 0 Å². The monoisotopic (exact) mass is 402 g/mol. The van der Waals surface area contributed by atoms with E-state index in [9.17, 15) is 5.11 Å². The zero-order valence-corrected chi connectivity index (χ0v) is 17.8. The van der Waals surface area contributed by atoms with Crippen LogP contribution in [0.3, 0.4) is 0 Å². The Balaban J connectivity index is 2.04. The summed E-state index contributed by atoms with van der Waals surface area (Å²) in [5, 5.41) is 11.5. The molecule has 3 aromatic rings. The number of fused-ring (bicyclic) bond motifs is 5. The fraction of sp³-hybridized carbons (Fsp3) is 0.550. The van der Waals surface area contributed by atoms with E-state index in [-0.39, 0.29) is 6.61 Å². The minimum absolute atomic E-state index is 0.118. The molecule has 0 aromatic carbocycles. The minimum atomic E-state index is 0.118. The quantitative estimate of drug-likeness (QED) is 0.472. The van der Waals surface area contributed by atoms with Crippen LogP contribution in [0.25, 0.3) is 20.4 Å². The second-order valence-corrected chi connectivity index (χ2v) is 8.69. The number of aliphatic hydroxyl groups is 1. The van der Waals surface area contributed by atoms with E-state index >= 15 is 0 Å². The fourth-order valence-corrected chi connectivity index (χ4v) is 5.64. The minimum Gasteiger partial charge on any atom is -0.395 e. The number of anilines is 1. The van der Waals surface area contributed by atoms with E-state index in [4.69, 9.17) is 15.0 Å². The molecule has 1 aliphatic carbocycles. The summed E-state index contributed by atoms with van der Waals surface area (Å²) in [4.78, 5) is 18.0. The number of hydrogen-bond donors (Lipinski definition) is 1. The smallest absolute Gasteiger partial charge is 0.189 e. The van der Waals surface area contributed by atoms with E-state index in [1.54, 1.807) is 23.1 Å². The van der Waals surface area contributed by atoms with Crippen LogP contribution in [0.2, 0.25) is 0 Å². The van der Waals surface area contributed by atoms with Crippen molar-refractivity contribution in [1.29, 1.82) is 0 Å². The summed E-state index contributed by atoms with van der Waals surface area (Å²) in [5.74, 6) is 0.938. The molecular formula is C20H26N4OS2. The molecule has 0 atom stereocenters. The van der Waals surface area contributed by atoms with Crippen molar-refractivity contribution in [3.63, 3.8) is 0 Å². The number of nitrogens with zero attached hydrogens (tertiary/aromatic N) is 4. The highest BCUT2D eigenvalue weighted by atomic mass is 32.2. The number of thioether (sulfide) groups is 1. The molecule has 7 heteroatoms. The van der Waals surface area contributed by atoms with Gasteiger partial charge in [0.1, 0.15) is 4.83 Å². The molecule has 3 aromatic heterocycles. The van der Waals surface area contributed by atoms with Crippen molar-refractivity contribution in [2.75, 3.05) is 30.9 Å². The molecule has 4 rings (SSSR count). The van der Waals surface area contributed by atoms with Crippen molar-refractivity contribution in [2.24, 2.45) is 0 Å². The van der Waals surface area contributed by atoms with Gasteiger partial charge >= 0.3 is 0 Å². The lowest BCUT2D eigenvalue weighted by molar-refractivity contribution is 0.302. The average molecular weight is 403 g/mol. The van der Waals surface area contributed by atoms with Gasteiger partial charge in [0.2, 0.25) is 0 Å². The summed E-state index contributed by atoms with van der Waals surface area (Å²) in [7, 11) is 0. The second kappa shape index (κ2) is 7.89. The van der Waals surface area contributed by atoms with Gasteiger partial charge in [-0.2, -0.15) is 0 Å². The molecule has 0 fully saturated rings. The van der Waals surface area contributed by atoms with E-state index in [2.05, 4.69) is 18.7 Å². The predicted octanol–water partition coefficient (Wildman–Crippen LogP) is 4.22. The van der Waals surface area contributed by atoms with Gasteiger partial charge in [0.25, 0.3) is 0 Å². The lowest BCUT2D eigenvalue weighted by Gasteiger charge is -2.21. The molecule has 0 bridgehead atoms. The molecular weight excluding hydrogens is 376 g/mol. The largest absolute Gasteiger partial charge is 0.395 e. The molecule has 5 nitrogen and oxygen atoms in total. The zero-order valence-electron chi connectivity index (χ0n) is 16.2. The van der Waals surface area contributed by atoms with Gasteiger partial charge in [-0.3, -0.25) is 0 Å². The molecule has 0 saturated carbocycles. The number of thiophene rings is 1. The van der Waals surface area contributed by atoms with Gasteiger partial charge in [0.15, 0.2) is 11.0 Å². The van der Waals surface area contributed by atoms with Crippen molar-refractivity contribution in [3.8, 4) is 0 Å². The summed E-state index contributed by atoms with van der Waals surface area (Å²) >= 11 is 3.29. The SMILES string of the molecule is CCCc1nc2sc3c(N(CC)CCO)nc(SC)nc3c2c2c1CCC2. The number of pyridine rings is 1. The van der Waals surface area contributed by atoms with Gasteiger partial charge in [-0.05, 0) is 50.0 Å². The summed E-state index contributed by atoms with van der Waals surface area (Å²) < 4.78 is 1.10. The Labute approximate surface area is 168 Å². The van der Waals surface area contributed by atoms with Crippen molar-refractivity contribution in [3.05, 3.63) is 16.8 Å². The molecule has 27 heavy (non-hydrogen) atoms. The molecule has 0 unspecified atom stereocenters. The zero-order chi connectivity index (χ0) is 19.0. The van der Waals surface area contributed by atoms with Gasteiger partial charge in [0, 0.05) is 24.2 Å². The topological polar surface area (TPSA) is 62.1 Å². The maximum atomic E-state index is 9.49. The first-order valence-electron chi connectivity index (χ1n) is 9.76. The lowest BCUT2D eigenvalue weighted by Crippen LogP contribution is -2.27. The first-order valence-corrected chi connectivity index (χ1v) is 11.8. The summed E-state index contributed by atoms with van der Waals surface area (Å²) in [5.41, 5.74) is 5.27. The highest BCUT2D eigenvalue weighted by Gasteiger charge is 2.25. The van der Waals surface area contributed by atoms with E-state index in [1.165, 1.54) is 28.6 Å². The molecule has 1 N–H and O–H groups in total. The average Bonchev–Trinajstić information content (AvgIpc) is 3.29. The molecule has 0 amide bonds. The highest BCUT2D eigenvalue weighted by molar-refractivity contribution is 7.98. The Morgan fingerprint density at radius 2 is 1.96 bits per heavy atom. The number of likely N-dealkylation sites (N-methyl/N-ethyl adjacent to an activating group) is 1. The van der Waals surface area contributed by atoms with E-state index in [0.717, 1.165) is 58.2 Å². The molecule has 0 saturated heterocycles. The van der Waals surface area contributed by atoms with Crippen molar-refractivity contribution >= 4 is 49.3 Å². The van der Waals surface area contributed by atoms with Crippen LogP contribution in [0.1, 0.15) is 43.5 Å². The van der Waals surface area contributed by atoms with E-state index < -0.39 is 0 Å². The number of aliphatic hydroxyl groups excluding tert-OH is 1. The van der Waals surface area contributed by atoms with Crippen molar-refractivity contribution in [1.82, 2.24) is 15.0 Å². The maximum Gasteiger partial charge on any atom is 0.189 e. The first-order chi connectivity index (χ1) is 13.2. The third-order valence-electron chi connectivity index (χ3n) is 5.30. The maximum absolute atomic E-state index is 9.49. The highest BCUT2D eigenvalue weighted by Crippen LogP contribution is 2.43. The normalized spacial score (nSPS) is 13.6. The second-order valence-electron chi connectivity index (χ2n) is 6.92. The van der Waals surface area contributed by atoms with Gasteiger partial charge in [-0.1, -0.05) is 25.1 Å². The Bertz CT molecular complexity index is 985. The third-order valence-corrected chi connectivity index (χ3v) is 6.92. The molecule has 0 aliphatic heterocycles. The van der Waals surface area contributed by atoms with Crippen LogP contribution in [0, 0.1) is 0 Å². The lowest BCUT2D eigenvalue weighted by atomic mass is 10.0.